The highest BCUT2D eigenvalue weighted by atomic mass is 16.5. The Morgan fingerprint density at radius 1 is 1.50 bits per heavy atom. The van der Waals surface area contributed by atoms with Gasteiger partial charge in [-0.1, -0.05) is 17.3 Å². The van der Waals surface area contributed by atoms with Crippen LogP contribution in [0.1, 0.15) is 11.5 Å². The van der Waals surface area contributed by atoms with Crippen molar-refractivity contribution in [1.29, 1.82) is 0 Å². The van der Waals surface area contributed by atoms with E-state index in [1.807, 2.05) is 12.2 Å². The summed E-state index contributed by atoms with van der Waals surface area (Å²) in [7, 11) is 0. The molecule has 0 aromatic carbocycles. The minimum absolute atomic E-state index is 0.164. The molecule has 134 valence electrons. The van der Waals surface area contributed by atoms with Gasteiger partial charge >= 0.3 is 0 Å². The van der Waals surface area contributed by atoms with Crippen LogP contribution in [0, 0.1) is 18.8 Å². The maximum absolute atomic E-state index is 13.1. The first kappa shape index (κ1) is 15.4. The van der Waals surface area contributed by atoms with Crippen LogP contribution in [0.3, 0.4) is 0 Å². The van der Waals surface area contributed by atoms with Gasteiger partial charge in [0.25, 0.3) is 0 Å². The number of carbonyl (C=O) groups excluding carboxylic acids is 2. The van der Waals surface area contributed by atoms with E-state index in [0.29, 0.717) is 23.9 Å². The van der Waals surface area contributed by atoms with Crippen molar-refractivity contribution in [3.05, 3.63) is 48.1 Å². The molecule has 0 unspecified atom stereocenters. The maximum Gasteiger partial charge on any atom is 0.235 e. The molecule has 0 radical (unpaired) electrons. The van der Waals surface area contributed by atoms with Crippen LogP contribution in [0.25, 0.3) is 0 Å². The van der Waals surface area contributed by atoms with Crippen LogP contribution in [-0.2, 0) is 20.9 Å². The summed E-state index contributed by atoms with van der Waals surface area (Å²) in [6, 6.07) is 5.25. The van der Waals surface area contributed by atoms with E-state index in [1.165, 1.54) is 0 Å². The van der Waals surface area contributed by atoms with E-state index in [2.05, 4.69) is 10.5 Å². The number of amides is 2. The zero-order chi connectivity index (χ0) is 17.9. The van der Waals surface area contributed by atoms with E-state index >= 15 is 0 Å². The molecule has 2 aromatic heterocycles. The number of aryl methyl sites for hydroxylation is 1. The fourth-order valence-electron chi connectivity index (χ4n) is 4.18. The molecular formula is C18H17N3O5. The van der Waals surface area contributed by atoms with Crippen LogP contribution in [0.15, 0.2) is 45.6 Å². The number of nitrogens with zero attached hydrogens (tertiary/aromatic N) is 2. The number of ether oxygens (including phenoxy) is 1. The van der Waals surface area contributed by atoms with E-state index in [1.54, 1.807) is 36.3 Å². The lowest BCUT2D eigenvalue weighted by Crippen LogP contribution is -2.43. The molecule has 3 aliphatic rings. The van der Waals surface area contributed by atoms with Crippen LogP contribution >= 0.6 is 0 Å². The molecule has 8 nitrogen and oxygen atoms in total. The number of carbonyl (C=O) groups is 2. The van der Waals surface area contributed by atoms with Gasteiger partial charge in [0.1, 0.15) is 17.1 Å². The highest BCUT2D eigenvalue weighted by Gasteiger charge is 2.67. The zero-order valence-electron chi connectivity index (χ0n) is 14.0. The number of nitrogens with one attached hydrogen (secondary N) is 1. The van der Waals surface area contributed by atoms with Crippen molar-refractivity contribution in [2.75, 3.05) is 11.4 Å². The average molecular weight is 355 g/mol. The highest BCUT2D eigenvalue weighted by molar-refractivity contribution is 6.02. The fraction of sp³-hybridized carbons (Fsp3) is 0.389. The van der Waals surface area contributed by atoms with Gasteiger partial charge in [0.05, 0.1) is 37.3 Å². The summed E-state index contributed by atoms with van der Waals surface area (Å²) < 4.78 is 16.4. The maximum atomic E-state index is 13.1. The van der Waals surface area contributed by atoms with Crippen molar-refractivity contribution in [1.82, 2.24) is 10.5 Å². The van der Waals surface area contributed by atoms with E-state index in [-0.39, 0.29) is 24.5 Å². The molecule has 1 N–H and O–H groups in total. The fourth-order valence-corrected chi connectivity index (χ4v) is 4.18. The Morgan fingerprint density at radius 3 is 3.12 bits per heavy atom. The minimum atomic E-state index is -0.776. The average Bonchev–Trinajstić information content (AvgIpc) is 3.41. The monoisotopic (exact) mass is 355 g/mol. The van der Waals surface area contributed by atoms with Crippen LogP contribution in [0.4, 0.5) is 5.82 Å². The molecule has 26 heavy (non-hydrogen) atoms. The summed E-state index contributed by atoms with van der Waals surface area (Å²) in [4.78, 5) is 27.4. The predicted molar refractivity (Wildman–Crippen MR) is 87.9 cm³/mol. The number of anilines is 1. The lowest BCUT2D eigenvalue weighted by atomic mass is 9.77. The Hall–Kier alpha value is -2.87. The first-order valence-corrected chi connectivity index (χ1v) is 8.49. The minimum Gasteiger partial charge on any atom is -0.467 e. The third-order valence-electron chi connectivity index (χ3n) is 5.31. The number of fused-ring (bicyclic) bond motifs is 1. The lowest BCUT2D eigenvalue weighted by molar-refractivity contribution is -0.132. The van der Waals surface area contributed by atoms with E-state index in [4.69, 9.17) is 13.7 Å². The second-order valence-electron chi connectivity index (χ2n) is 6.92. The van der Waals surface area contributed by atoms with Crippen molar-refractivity contribution in [2.24, 2.45) is 11.8 Å². The molecule has 3 aliphatic heterocycles. The van der Waals surface area contributed by atoms with Gasteiger partial charge in [-0.25, -0.2) is 0 Å². The van der Waals surface area contributed by atoms with Crippen molar-refractivity contribution >= 4 is 17.6 Å². The third-order valence-corrected chi connectivity index (χ3v) is 5.31. The van der Waals surface area contributed by atoms with E-state index < -0.39 is 17.4 Å². The third kappa shape index (κ3) is 2.08. The molecule has 2 saturated heterocycles. The Labute approximate surface area is 148 Å². The summed E-state index contributed by atoms with van der Waals surface area (Å²) in [6.07, 6.45) is 4.95. The Kier molecular flexibility index (Phi) is 3.14. The molecule has 8 heteroatoms. The second kappa shape index (κ2) is 5.31. The predicted octanol–water partition coefficient (Wildman–Crippen LogP) is 1.18. The Bertz CT molecular complexity index is 902. The Balaban J connectivity index is 1.40. The Morgan fingerprint density at radius 2 is 2.38 bits per heavy atom. The summed E-state index contributed by atoms with van der Waals surface area (Å²) >= 11 is 0. The molecular weight excluding hydrogens is 338 g/mol. The summed E-state index contributed by atoms with van der Waals surface area (Å²) in [5, 5.41) is 6.78. The largest absolute Gasteiger partial charge is 0.467 e. The van der Waals surface area contributed by atoms with Gasteiger partial charge in [0.15, 0.2) is 5.82 Å². The van der Waals surface area contributed by atoms with Gasteiger partial charge in [-0.15, -0.1) is 0 Å². The van der Waals surface area contributed by atoms with Gasteiger partial charge in [-0.2, -0.15) is 0 Å². The molecule has 0 aliphatic carbocycles. The van der Waals surface area contributed by atoms with Gasteiger partial charge in [0.2, 0.25) is 11.8 Å². The van der Waals surface area contributed by atoms with Crippen LogP contribution in [-0.4, -0.2) is 35.2 Å². The van der Waals surface area contributed by atoms with Crippen molar-refractivity contribution in [3.8, 4) is 0 Å². The molecule has 5 heterocycles. The van der Waals surface area contributed by atoms with Gasteiger partial charge in [0, 0.05) is 6.07 Å². The topological polar surface area (TPSA) is 97.8 Å². The van der Waals surface area contributed by atoms with E-state index in [9.17, 15) is 9.59 Å². The molecule has 2 bridgehead atoms. The van der Waals surface area contributed by atoms with Gasteiger partial charge in [-0.05, 0) is 19.1 Å². The lowest BCUT2D eigenvalue weighted by Gasteiger charge is -2.23. The van der Waals surface area contributed by atoms with Crippen molar-refractivity contribution < 1.29 is 23.3 Å². The SMILES string of the molecule is Cc1cc(N2C[C@]34C=C[C@@H](O3)[C@@H](C(=O)NCc3ccco3)[C@@H]4C2=O)no1. The summed E-state index contributed by atoms with van der Waals surface area (Å²) in [6.45, 7) is 2.37. The van der Waals surface area contributed by atoms with Crippen LogP contribution in [0.2, 0.25) is 0 Å². The molecule has 0 saturated carbocycles. The first-order chi connectivity index (χ1) is 12.6. The molecule has 1 spiro atoms. The standard InChI is InChI=1S/C18H17N3O5/c1-10-7-13(20-26-10)21-9-18-5-4-12(25-18)14(15(18)17(21)23)16(22)19-8-11-3-2-6-24-11/h2-7,12,14-15H,8-9H2,1H3,(H,19,22)/t12-,14-,15-,18+/m1/s1. The molecule has 4 atom stereocenters. The number of furan rings is 1. The van der Waals surface area contributed by atoms with Crippen LogP contribution < -0.4 is 10.2 Å². The quantitative estimate of drug-likeness (QED) is 0.827. The summed E-state index contributed by atoms with van der Waals surface area (Å²) in [5.74, 6) is 0.219. The van der Waals surface area contributed by atoms with Crippen molar-refractivity contribution in [2.45, 2.75) is 25.2 Å². The van der Waals surface area contributed by atoms with E-state index in [0.717, 1.165) is 0 Å². The second-order valence-corrected chi connectivity index (χ2v) is 6.92. The number of rotatable bonds is 4. The normalized spacial score (nSPS) is 31.7. The van der Waals surface area contributed by atoms with Gasteiger partial charge in [-0.3, -0.25) is 14.5 Å². The highest BCUT2D eigenvalue weighted by Crippen LogP contribution is 2.52. The van der Waals surface area contributed by atoms with Crippen LogP contribution in [0.5, 0.6) is 0 Å². The first-order valence-electron chi connectivity index (χ1n) is 8.49. The smallest absolute Gasteiger partial charge is 0.235 e. The number of hydrogen-bond acceptors (Lipinski definition) is 6. The zero-order valence-corrected chi connectivity index (χ0v) is 14.0. The van der Waals surface area contributed by atoms with Crippen molar-refractivity contribution in [3.63, 3.8) is 0 Å². The number of aromatic nitrogens is 1. The molecule has 2 fully saturated rings. The molecule has 5 rings (SSSR count). The molecule has 2 amide bonds. The number of hydrogen-bond donors (Lipinski definition) is 1. The molecule has 2 aromatic rings. The van der Waals surface area contributed by atoms with Gasteiger partial charge < -0.3 is 19.0 Å². The summed E-state index contributed by atoms with van der Waals surface area (Å²) in [5.41, 5.74) is -0.776.